The molecule has 14 heavy (non-hydrogen) atoms. The molecule has 76 valence electrons. The van der Waals surface area contributed by atoms with Crippen LogP contribution in [-0.4, -0.2) is 30.8 Å². The molecule has 1 N–H and O–H groups in total. The van der Waals surface area contributed by atoms with Crippen LogP contribution in [0.25, 0.3) is 0 Å². The molecular formula is C10H13BrN2O. The lowest BCUT2D eigenvalue weighted by Gasteiger charge is -2.23. The number of pyridine rings is 1. The van der Waals surface area contributed by atoms with Crippen LogP contribution in [0.1, 0.15) is 5.56 Å². The van der Waals surface area contributed by atoms with Crippen LogP contribution in [-0.2, 0) is 11.2 Å². The van der Waals surface area contributed by atoms with E-state index in [1.807, 2.05) is 6.07 Å². The third-order valence-electron chi connectivity index (χ3n) is 2.29. The Morgan fingerprint density at radius 3 is 3.29 bits per heavy atom. The third-order valence-corrected chi connectivity index (χ3v) is 3.00. The van der Waals surface area contributed by atoms with E-state index in [1.165, 1.54) is 5.56 Å². The summed E-state index contributed by atoms with van der Waals surface area (Å²) in [5, 5.41) is 3.31. The minimum absolute atomic E-state index is 0.282. The number of nitrogens with one attached hydrogen (secondary N) is 1. The van der Waals surface area contributed by atoms with Crippen LogP contribution in [0.2, 0.25) is 0 Å². The molecule has 2 heterocycles. The predicted molar refractivity (Wildman–Crippen MR) is 58.3 cm³/mol. The van der Waals surface area contributed by atoms with Crippen molar-refractivity contribution in [2.45, 2.75) is 12.5 Å². The van der Waals surface area contributed by atoms with Gasteiger partial charge in [0.15, 0.2) is 0 Å². The van der Waals surface area contributed by atoms with Crippen molar-refractivity contribution in [3.05, 3.63) is 28.5 Å². The van der Waals surface area contributed by atoms with E-state index in [0.717, 1.165) is 30.7 Å². The summed E-state index contributed by atoms with van der Waals surface area (Å²) in [5.74, 6) is 0. The second kappa shape index (κ2) is 4.87. The Balaban J connectivity index is 1.99. The molecule has 1 aliphatic rings. The Labute approximate surface area is 92.0 Å². The first-order chi connectivity index (χ1) is 6.86. The molecule has 3 nitrogen and oxygen atoms in total. The van der Waals surface area contributed by atoms with E-state index < -0.39 is 0 Å². The average molecular weight is 257 g/mol. The van der Waals surface area contributed by atoms with Crippen LogP contribution in [0.3, 0.4) is 0 Å². The van der Waals surface area contributed by atoms with Crippen molar-refractivity contribution < 1.29 is 4.74 Å². The van der Waals surface area contributed by atoms with Gasteiger partial charge in [0.25, 0.3) is 0 Å². The van der Waals surface area contributed by atoms with Crippen LogP contribution in [0, 0.1) is 0 Å². The van der Waals surface area contributed by atoms with E-state index >= 15 is 0 Å². The molecule has 1 fully saturated rings. The molecule has 0 radical (unpaired) electrons. The maximum Gasteiger partial charge on any atom is 0.109 e. The number of morpholine rings is 1. The highest BCUT2D eigenvalue weighted by Crippen LogP contribution is 2.16. The quantitative estimate of drug-likeness (QED) is 0.813. The van der Waals surface area contributed by atoms with Gasteiger partial charge in [-0.1, -0.05) is 6.07 Å². The first-order valence-corrected chi connectivity index (χ1v) is 5.57. The lowest BCUT2D eigenvalue weighted by atomic mass is 10.1. The molecule has 1 aromatic heterocycles. The molecule has 4 heteroatoms. The molecular weight excluding hydrogens is 244 g/mol. The minimum atomic E-state index is 0.282. The van der Waals surface area contributed by atoms with Gasteiger partial charge in [-0.25, -0.2) is 4.98 Å². The van der Waals surface area contributed by atoms with Crippen LogP contribution < -0.4 is 5.32 Å². The van der Waals surface area contributed by atoms with Crippen molar-refractivity contribution in [1.29, 1.82) is 0 Å². The summed E-state index contributed by atoms with van der Waals surface area (Å²) in [4.78, 5) is 4.19. The van der Waals surface area contributed by atoms with Gasteiger partial charge in [0.2, 0.25) is 0 Å². The van der Waals surface area contributed by atoms with Crippen molar-refractivity contribution in [1.82, 2.24) is 10.3 Å². The van der Waals surface area contributed by atoms with Crippen LogP contribution in [0.4, 0.5) is 0 Å². The van der Waals surface area contributed by atoms with Crippen molar-refractivity contribution in [3.63, 3.8) is 0 Å². The number of ether oxygens (including phenoxy) is 1. The van der Waals surface area contributed by atoms with Crippen molar-refractivity contribution >= 4 is 15.9 Å². The highest BCUT2D eigenvalue weighted by Gasteiger charge is 2.15. The summed E-state index contributed by atoms with van der Waals surface area (Å²) >= 11 is 3.44. The number of nitrogens with zero attached hydrogens (tertiary/aromatic N) is 1. The van der Waals surface area contributed by atoms with Gasteiger partial charge in [-0.3, -0.25) is 0 Å². The molecule has 0 saturated carbocycles. The number of hydrogen-bond acceptors (Lipinski definition) is 3. The fraction of sp³-hybridized carbons (Fsp3) is 0.500. The molecule has 1 aliphatic heterocycles. The average Bonchev–Trinajstić information content (AvgIpc) is 2.23. The van der Waals surface area contributed by atoms with E-state index in [2.05, 4.69) is 32.3 Å². The molecule has 1 saturated heterocycles. The molecule has 0 bridgehead atoms. The largest absolute Gasteiger partial charge is 0.375 e. The summed E-state index contributed by atoms with van der Waals surface area (Å²) in [6, 6.07) is 4.03. The second-order valence-electron chi connectivity index (χ2n) is 3.35. The standard InChI is InChI=1S/C10H13BrN2O/c11-10-8(2-1-3-13-10)6-9-7-12-4-5-14-9/h1-3,9,12H,4-7H2. The molecule has 0 aromatic carbocycles. The number of rotatable bonds is 2. The fourth-order valence-electron chi connectivity index (χ4n) is 1.57. The van der Waals surface area contributed by atoms with Crippen LogP contribution >= 0.6 is 15.9 Å². The summed E-state index contributed by atoms with van der Waals surface area (Å²) < 4.78 is 6.55. The van der Waals surface area contributed by atoms with Crippen molar-refractivity contribution in [3.8, 4) is 0 Å². The smallest absolute Gasteiger partial charge is 0.109 e. The van der Waals surface area contributed by atoms with Crippen molar-refractivity contribution in [2.24, 2.45) is 0 Å². The van der Waals surface area contributed by atoms with Gasteiger partial charge >= 0.3 is 0 Å². The van der Waals surface area contributed by atoms with E-state index in [4.69, 9.17) is 4.74 Å². The number of aromatic nitrogens is 1. The Morgan fingerprint density at radius 2 is 2.57 bits per heavy atom. The predicted octanol–water partition coefficient (Wildman–Crippen LogP) is 1.37. The molecule has 1 unspecified atom stereocenters. The number of halogens is 1. The third kappa shape index (κ3) is 2.53. The molecule has 1 aromatic rings. The first-order valence-electron chi connectivity index (χ1n) is 4.78. The van der Waals surface area contributed by atoms with E-state index in [9.17, 15) is 0 Å². The Kier molecular flexibility index (Phi) is 3.50. The lowest BCUT2D eigenvalue weighted by Crippen LogP contribution is -2.39. The molecule has 1 atom stereocenters. The zero-order valence-electron chi connectivity index (χ0n) is 7.87. The normalized spacial score (nSPS) is 22.2. The summed E-state index contributed by atoms with van der Waals surface area (Å²) in [7, 11) is 0. The summed E-state index contributed by atoms with van der Waals surface area (Å²) in [5.41, 5.74) is 1.21. The maximum absolute atomic E-state index is 5.63. The topological polar surface area (TPSA) is 34.2 Å². The molecule has 0 spiro atoms. The highest BCUT2D eigenvalue weighted by molar-refractivity contribution is 9.10. The Hall–Kier alpha value is -0.450. The minimum Gasteiger partial charge on any atom is -0.375 e. The SMILES string of the molecule is Brc1ncccc1CC1CNCCO1. The first kappa shape index (κ1) is 10.1. The highest BCUT2D eigenvalue weighted by atomic mass is 79.9. The second-order valence-corrected chi connectivity index (χ2v) is 4.11. The Bertz CT molecular complexity index is 300. The zero-order chi connectivity index (χ0) is 9.80. The molecule has 2 rings (SSSR count). The van der Waals surface area contributed by atoms with Gasteiger partial charge in [-0.2, -0.15) is 0 Å². The van der Waals surface area contributed by atoms with Gasteiger partial charge < -0.3 is 10.1 Å². The van der Waals surface area contributed by atoms with Gasteiger partial charge in [0, 0.05) is 25.7 Å². The van der Waals surface area contributed by atoms with E-state index in [0.29, 0.717) is 0 Å². The molecule has 0 aliphatic carbocycles. The van der Waals surface area contributed by atoms with Gasteiger partial charge in [0.05, 0.1) is 12.7 Å². The molecule has 0 amide bonds. The van der Waals surface area contributed by atoms with Crippen LogP contribution in [0.5, 0.6) is 0 Å². The summed E-state index contributed by atoms with van der Waals surface area (Å²) in [6.45, 7) is 2.70. The van der Waals surface area contributed by atoms with Gasteiger partial charge in [0.1, 0.15) is 4.60 Å². The van der Waals surface area contributed by atoms with E-state index in [-0.39, 0.29) is 6.10 Å². The van der Waals surface area contributed by atoms with Crippen LogP contribution in [0.15, 0.2) is 22.9 Å². The monoisotopic (exact) mass is 256 g/mol. The maximum atomic E-state index is 5.63. The van der Waals surface area contributed by atoms with Gasteiger partial charge in [-0.05, 0) is 27.6 Å². The van der Waals surface area contributed by atoms with Gasteiger partial charge in [-0.15, -0.1) is 0 Å². The lowest BCUT2D eigenvalue weighted by molar-refractivity contribution is 0.0291. The summed E-state index contributed by atoms with van der Waals surface area (Å²) in [6.07, 6.45) is 2.99. The van der Waals surface area contributed by atoms with Crippen molar-refractivity contribution in [2.75, 3.05) is 19.7 Å². The fourth-order valence-corrected chi connectivity index (χ4v) is 1.98. The zero-order valence-corrected chi connectivity index (χ0v) is 9.46. The Morgan fingerprint density at radius 1 is 1.64 bits per heavy atom. The number of hydrogen-bond donors (Lipinski definition) is 1. The van der Waals surface area contributed by atoms with E-state index in [1.54, 1.807) is 6.20 Å².